The summed E-state index contributed by atoms with van der Waals surface area (Å²) >= 11 is 0. The Balaban J connectivity index is 1.83. The first-order valence-corrected chi connectivity index (χ1v) is 7.98. The fourth-order valence-electron chi connectivity index (χ4n) is 2.92. The van der Waals surface area contributed by atoms with Crippen LogP contribution in [0.2, 0.25) is 0 Å². The lowest BCUT2D eigenvalue weighted by atomic mass is 9.90. The Labute approximate surface area is 141 Å². The number of fused-ring (bicyclic) bond motifs is 1. The molecule has 1 aliphatic heterocycles. The number of rotatable bonds is 3. The number of carbonyl (C=O) groups is 2. The second-order valence-corrected chi connectivity index (χ2v) is 5.93. The van der Waals surface area contributed by atoms with E-state index in [9.17, 15) is 22.8 Å². The van der Waals surface area contributed by atoms with Gasteiger partial charge in [0.25, 0.3) is 5.91 Å². The van der Waals surface area contributed by atoms with Gasteiger partial charge >= 0.3 is 6.18 Å². The van der Waals surface area contributed by atoms with Crippen LogP contribution < -0.4 is 5.32 Å². The van der Waals surface area contributed by atoms with Crippen LogP contribution in [-0.2, 0) is 22.1 Å². The van der Waals surface area contributed by atoms with Crippen molar-refractivity contribution in [2.75, 3.05) is 26.4 Å². The molecule has 1 aliphatic carbocycles. The fourth-order valence-corrected chi connectivity index (χ4v) is 2.92. The molecule has 1 fully saturated rings. The van der Waals surface area contributed by atoms with Gasteiger partial charge in [-0.15, -0.1) is 0 Å². The highest BCUT2D eigenvalue weighted by Gasteiger charge is 2.39. The first-order chi connectivity index (χ1) is 11.9. The number of alkyl halides is 3. The maximum absolute atomic E-state index is 13.3. The van der Waals surface area contributed by atoms with Gasteiger partial charge in [-0.1, -0.05) is 0 Å². The minimum atomic E-state index is -4.73. The number of amides is 1. The van der Waals surface area contributed by atoms with Crippen molar-refractivity contribution in [1.82, 2.24) is 10.3 Å². The first kappa shape index (κ1) is 17.8. The van der Waals surface area contributed by atoms with Gasteiger partial charge in [0.2, 0.25) is 0 Å². The normalized spacial score (nSPS) is 20.9. The summed E-state index contributed by atoms with van der Waals surface area (Å²) in [4.78, 5) is 28.1. The molecular weight excluding hydrogens is 341 g/mol. The lowest BCUT2D eigenvalue weighted by Crippen LogP contribution is -2.40. The number of Topliss-reactive ketones (excluding diaryl/α,β-unsaturated/α-hetero) is 1. The molecule has 6 nitrogen and oxygen atoms in total. The van der Waals surface area contributed by atoms with E-state index >= 15 is 0 Å². The lowest BCUT2D eigenvalue weighted by Gasteiger charge is -2.23. The van der Waals surface area contributed by atoms with E-state index in [4.69, 9.17) is 9.47 Å². The monoisotopic (exact) mass is 358 g/mol. The van der Waals surface area contributed by atoms with Crippen LogP contribution in [0.4, 0.5) is 13.2 Å². The number of ketones is 1. The molecule has 1 aromatic rings. The number of aryl methyl sites for hydroxylation is 1. The number of nitrogens with zero attached hydrogens (tertiary/aromatic N) is 1. The van der Waals surface area contributed by atoms with Gasteiger partial charge in [0, 0.05) is 13.0 Å². The van der Waals surface area contributed by atoms with Crippen molar-refractivity contribution >= 4 is 11.7 Å². The highest BCUT2D eigenvalue weighted by atomic mass is 19.4. The first-order valence-electron chi connectivity index (χ1n) is 7.98. The molecule has 0 aromatic carbocycles. The average Bonchev–Trinajstić information content (AvgIpc) is 2.59. The molecule has 0 bridgehead atoms. The molecule has 1 N–H and O–H groups in total. The maximum atomic E-state index is 13.3. The van der Waals surface area contributed by atoms with Gasteiger partial charge in [0.1, 0.15) is 5.69 Å². The minimum absolute atomic E-state index is 0.0356. The average molecular weight is 358 g/mol. The Bertz CT molecular complexity index is 685. The van der Waals surface area contributed by atoms with Crippen molar-refractivity contribution in [3.8, 4) is 0 Å². The molecule has 0 saturated carbocycles. The summed E-state index contributed by atoms with van der Waals surface area (Å²) in [5, 5.41) is 2.51. The number of aromatic nitrogens is 1. The van der Waals surface area contributed by atoms with Crippen LogP contribution in [0.5, 0.6) is 0 Å². The van der Waals surface area contributed by atoms with E-state index in [0.717, 1.165) is 0 Å². The Morgan fingerprint density at radius 3 is 2.80 bits per heavy atom. The molecule has 2 aliphatic rings. The van der Waals surface area contributed by atoms with Crippen LogP contribution in [0.25, 0.3) is 0 Å². The molecule has 3 rings (SSSR count). The molecule has 0 radical (unpaired) electrons. The van der Waals surface area contributed by atoms with E-state index in [1.165, 1.54) is 0 Å². The zero-order chi connectivity index (χ0) is 18.0. The Hall–Kier alpha value is -2.00. The van der Waals surface area contributed by atoms with Gasteiger partial charge in [0.15, 0.2) is 5.78 Å². The van der Waals surface area contributed by atoms with Crippen molar-refractivity contribution in [3.63, 3.8) is 0 Å². The zero-order valence-electron chi connectivity index (χ0n) is 13.3. The number of carbonyl (C=O) groups excluding carboxylic acids is 2. The number of halogens is 3. The van der Waals surface area contributed by atoms with Crippen LogP contribution in [0.3, 0.4) is 0 Å². The van der Waals surface area contributed by atoms with Gasteiger partial charge in [-0.3, -0.25) is 9.59 Å². The van der Waals surface area contributed by atoms with E-state index in [-0.39, 0.29) is 36.9 Å². The second kappa shape index (κ2) is 7.09. The minimum Gasteiger partial charge on any atom is -0.376 e. The molecule has 0 spiro atoms. The highest BCUT2D eigenvalue weighted by molar-refractivity contribution is 6.01. The van der Waals surface area contributed by atoms with Crippen molar-refractivity contribution in [1.29, 1.82) is 0 Å². The van der Waals surface area contributed by atoms with Crippen molar-refractivity contribution in [3.05, 3.63) is 28.6 Å². The SMILES string of the molecule is O=C(NC[C@H]1COCCO1)c1cc(C(F)(F)F)c2c(n1)CCCC2=O. The van der Waals surface area contributed by atoms with Gasteiger partial charge in [-0.25, -0.2) is 4.98 Å². The molecule has 1 amide bonds. The van der Waals surface area contributed by atoms with Gasteiger partial charge in [0.05, 0.1) is 42.7 Å². The summed E-state index contributed by atoms with van der Waals surface area (Å²) in [5.41, 5.74) is -1.81. The highest BCUT2D eigenvalue weighted by Crippen LogP contribution is 2.36. The summed E-state index contributed by atoms with van der Waals surface area (Å²) in [6, 6.07) is 0.648. The van der Waals surface area contributed by atoms with Crippen molar-refractivity contribution in [2.24, 2.45) is 0 Å². The van der Waals surface area contributed by atoms with E-state index in [2.05, 4.69) is 10.3 Å². The third-order valence-corrected chi connectivity index (χ3v) is 4.10. The van der Waals surface area contributed by atoms with E-state index in [1.807, 2.05) is 0 Å². The number of ether oxygens (including phenoxy) is 2. The second-order valence-electron chi connectivity index (χ2n) is 5.93. The van der Waals surface area contributed by atoms with Crippen molar-refractivity contribution < 1.29 is 32.2 Å². The zero-order valence-corrected chi connectivity index (χ0v) is 13.3. The van der Waals surface area contributed by atoms with Crippen LogP contribution in [0.1, 0.15) is 44.9 Å². The van der Waals surface area contributed by atoms with Gasteiger partial charge < -0.3 is 14.8 Å². The van der Waals surface area contributed by atoms with Gasteiger partial charge in [-0.2, -0.15) is 13.2 Å². The van der Waals surface area contributed by atoms with Crippen LogP contribution in [0.15, 0.2) is 6.07 Å². The largest absolute Gasteiger partial charge is 0.417 e. The maximum Gasteiger partial charge on any atom is 0.417 e. The summed E-state index contributed by atoms with van der Waals surface area (Å²) in [5.74, 6) is -1.32. The summed E-state index contributed by atoms with van der Waals surface area (Å²) in [6.07, 6.45) is -4.35. The number of hydrogen-bond acceptors (Lipinski definition) is 5. The fraction of sp³-hybridized carbons (Fsp3) is 0.562. The summed E-state index contributed by atoms with van der Waals surface area (Å²) < 4.78 is 50.5. The van der Waals surface area contributed by atoms with E-state index in [1.54, 1.807) is 0 Å². The standard InChI is InChI=1S/C16H17F3N2O4/c17-16(18,19)10-6-12(21-11-2-1-3-13(22)14(10)11)15(23)20-7-9-8-24-4-5-25-9/h6,9H,1-5,7-8H2,(H,20,23)/t9-/m0/s1. The smallest absolute Gasteiger partial charge is 0.376 e. The predicted octanol–water partition coefficient (Wildman–Crippen LogP) is 1.76. The molecule has 25 heavy (non-hydrogen) atoms. The number of hydrogen-bond donors (Lipinski definition) is 1. The lowest BCUT2D eigenvalue weighted by molar-refractivity contribution is -0.138. The number of pyridine rings is 1. The number of nitrogens with one attached hydrogen (secondary N) is 1. The Morgan fingerprint density at radius 1 is 1.32 bits per heavy atom. The molecule has 1 aromatic heterocycles. The Kier molecular flexibility index (Phi) is 5.05. The van der Waals surface area contributed by atoms with Crippen LogP contribution in [-0.4, -0.2) is 49.1 Å². The molecule has 1 atom stereocenters. The van der Waals surface area contributed by atoms with Crippen LogP contribution in [0, 0.1) is 0 Å². The topological polar surface area (TPSA) is 77.5 Å². The molecule has 1 saturated heterocycles. The van der Waals surface area contributed by atoms with E-state index < -0.39 is 29.0 Å². The summed E-state index contributed by atoms with van der Waals surface area (Å²) in [7, 11) is 0. The van der Waals surface area contributed by atoms with Crippen molar-refractivity contribution in [2.45, 2.75) is 31.5 Å². The molecule has 136 valence electrons. The molecule has 2 heterocycles. The quantitative estimate of drug-likeness (QED) is 0.891. The third kappa shape index (κ3) is 3.98. The molecule has 9 heteroatoms. The predicted molar refractivity (Wildman–Crippen MR) is 79.4 cm³/mol. The molecular formula is C16H17F3N2O4. The van der Waals surface area contributed by atoms with E-state index in [0.29, 0.717) is 32.3 Å². The Morgan fingerprint density at radius 2 is 2.12 bits per heavy atom. The van der Waals surface area contributed by atoms with Crippen LogP contribution >= 0.6 is 0 Å². The molecule has 0 unspecified atom stereocenters. The third-order valence-electron chi connectivity index (χ3n) is 4.10. The van der Waals surface area contributed by atoms with Gasteiger partial charge in [-0.05, 0) is 18.9 Å². The summed E-state index contributed by atoms with van der Waals surface area (Å²) in [6.45, 7) is 1.29.